The number of rotatable bonds is 4. The van der Waals surface area contributed by atoms with Gasteiger partial charge in [0.2, 0.25) is 0 Å². The standard InChI is InChI=1S/C19H26N2O5.C18H24N2O5/c1-19(2,3)26-18(23)21-9-7-13(8-10-21)25-14-5-6-16-15(11-14)20(4)17(22)12-24-16;1-18(2,3)25-17(22)20-8-6-12(7-9-20)24-13-4-5-15-14(10-13)19-16(21)11-23-15/h5-6,11,13H,7-10,12H2,1-4H3;4-5,10,12H,6-9,11H2,1-3H3,(H,19,21). The molecular weight excluding hydrogens is 660 g/mol. The van der Waals surface area contributed by atoms with E-state index in [4.69, 9.17) is 28.4 Å². The second-order valence-electron chi connectivity index (χ2n) is 14.9. The largest absolute Gasteiger partial charge is 0.490 e. The fraction of sp³-hybridized carbons (Fsp3) is 0.568. The van der Waals surface area contributed by atoms with Crippen LogP contribution in [-0.4, -0.2) is 104 Å². The van der Waals surface area contributed by atoms with E-state index >= 15 is 0 Å². The van der Waals surface area contributed by atoms with Crippen molar-refractivity contribution in [1.82, 2.24) is 9.80 Å². The second-order valence-corrected chi connectivity index (χ2v) is 14.9. The molecule has 14 nitrogen and oxygen atoms in total. The molecule has 1 N–H and O–H groups in total. The van der Waals surface area contributed by atoms with Gasteiger partial charge in [-0.3, -0.25) is 9.59 Å². The summed E-state index contributed by atoms with van der Waals surface area (Å²) in [6.07, 6.45) is 2.44. The summed E-state index contributed by atoms with van der Waals surface area (Å²) in [5.74, 6) is 2.45. The van der Waals surface area contributed by atoms with E-state index in [1.807, 2.05) is 65.8 Å². The van der Waals surface area contributed by atoms with Crippen molar-refractivity contribution in [2.24, 2.45) is 0 Å². The topological polar surface area (TPSA) is 145 Å². The number of hydrogen-bond donors (Lipinski definition) is 1. The molecule has 0 aliphatic carbocycles. The van der Waals surface area contributed by atoms with Gasteiger partial charge in [-0.2, -0.15) is 0 Å². The first-order valence-corrected chi connectivity index (χ1v) is 17.4. The maximum atomic E-state index is 12.1. The Balaban J connectivity index is 0.000000198. The van der Waals surface area contributed by atoms with Crippen LogP contribution in [0.5, 0.6) is 23.0 Å². The normalized spacial score (nSPS) is 18.1. The molecule has 2 aromatic carbocycles. The maximum Gasteiger partial charge on any atom is 0.410 e. The van der Waals surface area contributed by atoms with E-state index in [-0.39, 0.29) is 49.4 Å². The minimum atomic E-state index is -0.487. The van der Waals surface area contributed by atoms with Gasteiger partial charge in [0, 0.05) is 71.0 Å². The van der Waals surface area contributed by atoms with E-state index in [2.05, 4.69) is 5.32 Å². The highest BCUT2D eigenvalue weighted by molar-refractivity contribution is 5.97. The molecule has 0 radical (unpaired) electrons. The summed E-state index contributed by atoms with van der Waals surface area (Å²) in [6.45, 7) is 13.7. The van der Waals surface area contributed by atoms with Gasteiger partial charge >= 0.3 is 12.2 Å². The molecule has 51 heavy (non-hydrogen) atoms. The molecule has 0 atom stereocenters. The molecule has 0 spiro atoms. The molecule has 14 heteroatoms. The highest BCUT2D eigenvalue weighted by Crippen LogP contribution is 2.36. The second kappa shape index (κ2) is 15.6. The van der Waals surface area contributed by atoms with Crippen LogP contribution in [0.4, 0.5) is 21.0 Å². The summed E-state index contributed by atoms with van der Waals surface area (Å²) in [6, 6.07) is 10.9. The molecule has 4 aliphatic rings. The van der Waals surface area contributed by atoms with Crippen molar-refractivity contribution in [3.63, 3.8) is 0 Å². The molecule has 0 aromatic heterocycles. The van der Waals surface area contributed by atoms with Gasteiger partial charge in [0.1, 0.15) is 46.4 Å². The number of amides is 4. The summed E-state index contributed by atoms with van der Waals surface area (Å²) in [5.41, 5.74) is 0.365. The number of carbonyl (C=O) groups excluding carboxylic acids is 4. The zero-order chi connectivity index (χ0) is 36.9. The zero-order valence-corrected chi connectivity index (χ0v) is 30.6. The summed E-state index contributed by atoms with van der Waals surface area (Å²) in [4.78, 5) is 52.4. The average Bonchev–Trinajstić information content (AvgIpc) is 3.06. The Morgan fingerprint density at radius 1 is 0.706 bits per heavy atom. The van der Waals surface area contributed by atoms with Gasteiger partial charge in [0.15, 0.2) is 13.2 Å². The van der Waals surface area contributed by atoms with Gasteiger partial charge in [0.05, 0.1) is 11.4 Å². The zero-order valence-electron chi connectivity index (χ0n) is 30.6. The van der Waals surface area contributed by atoms with Crippen LogP contribution < -0.4 is 29.2 Å². The lowest BCUT2D eigenvalue weighted by molar-refractivity contribution is -0.121. The number of likely N-dealkylation sites (tertiary alicyclic amines) is 2. The molecule has 0 bridgehead atoms. The lowest BCUT2D eigenvalue weighted by atomic mass is 10.1. The van der Waals surface area contributed by atoms with Crippen molar-refractivity contribution in [1.29, 1.82) is 0 Å². The summed E-state index contributed by atoms with van der Waals surface area (Å²) < 4.78 is 33.6. The first-order valence-electron chi connectivity index (χ1n) is 17.4. The Bertz CT molecular complexity index is 1580. The average molecular weight is 711 g/mol. The molecule has 0 unspecified atom stereocenters. The number of benzene rings is 2. The molecule has 4 amide bonds. The number of nitrogens with zero attached hydrogens (tertiary/aromatic N) is 3. The van der Waals surface area contributed by atoms with Crippen LogP contribution in [-0.2, 0) is 19.1 Å². The molecule has 4 aliphatic heterocycles. The minimum Gasteiger partial charge on any atom is -0.490 e. The van der Waals surface area contributed by atoms with E-state index in [1.54, 1.807) is 33.9 Å². The number of likely N-dealkylation sites (N-methyl/N-ethyl adjacent to an activating group) is 1. The van der Waals surface area contributed by atoms with Gasteiger partial charge in [-0.25, -0.2) is 9.59 Å². The predicted molar refractivity (Wildman–Crippen MR) is 189 cm³/mol. The third kappa shape index (κ3) is 10.6. The Morgan fingerprint density at radius 2 is 1.18 bits per heavy atom. The number of hydrogen-bond acceptors (Lipinski definition) is 10. The van der Waals surface area contributed by atoms with Gasteiger partial charge in [-0.1, -0.05) is 0 Å². The lowest BCUT2D eigenvalue weighted by Gasteiger charge is -2.33. The smallest absolute Gasteiger partial charge is 0.410 e. The van der Waals surface area contributed by atoms with Crippen LogP contribution in [0.1, 0.15) is 67.2 Å². The first kappa shape index (κ1) is 37.4. The Kier molecular flexibility index (Phi) is 11.4. The van der Waals surface area contributed by atoms with Gasteiger partial charge in [-0.15, -0.1) is 0 Å². The van der Waals surface area contributed by atoms with Crippen molar-refractivity contribution in [3.8, 4) is 23.0 Å². The van der Waals surface area contributed by atoms with Crippen LogP contribution in [0, 0.1) is 0 Å². The maximum absolute atomic E-state index is 12.1. The molecule has 6 rings (SSSR count). The van der Waals surface area contributed by atoms with Crippen LogP contribution in [0.15, 0.2) is 36.4 Å². The van der Waals surface area contributed by atoms with Crippen molar-refractivity contribution in [2.75, 3.05) is 56.7 Å². The molecular formula is C37H50N4O10. The molecule has 2 aromatic rings. The minimum absolute atomic E-state index is 0.0250. The van der Waals surface area contributed by atoms with Crippen molar-refractivity contribution in [3.05, 3.63) is 36.4 Å². The van der Waals surface area contributed by atoms with E-state index in [9.17, 15) is 19.2 Å². The number of carbonyl (C=O) groups is 4. The van der Waals surface area contributed by atoms with Gasteiger partial charge < -0.3 is 48.4 Å². The van der Waals surface area contributed by atoms with Crippen molar-refractivity contribution in [2.45, 2.75) is 90.6 Å². The number of piperidine rings is 2. The lowest BCUT2D eigenvalue weighted by Crippen LogP contribution is -2.44. The van der Waals surface area contributed by atoms with Crippen molar-refractivity contribution >= 4 is 35.4 Å². The first-order chi connectivity index (χ1) is 24.0. The summed E-state index contributed by atoms with van der Waals surface area (Å²) >= 11 is 0. The number of ether oxygens (including phenoxy) is 6. The quantitative estimate of drug-likeness (QED) is 0.425. The Hall–Kier alpha value is -4.88. The van der Waals surface area contributed by atoms with Gasteiger partial charge in [-0.05, 0) is 65.8 Å². The molecule has 2 fully saturated rings. The third-order valence-electron chi connectivity index (χ3n) is 8.39. The van der Waals surface area contributed by atoms with Gasteiger partial charge in [0.25, 0.3) is 11.8 Å². The predicted octanol–water partition coefficient (Wildman–Crippen LogP) is 5.62. The number of nitrogens with one attached hydrogen (secondary N) is 1. The highest BCUT2D eigenvalue weighted by Gasteiger charge is 2.30. The monoisotopic (exact) mass is 710 g/mol. The van der Waals surface area contributed by atoms with Crippen LogP contribution in [0.3, 0.4) is 0 Å². The third-order valence-corrected chi connectivity index (χ3v) is 8.39. The highest BCUT2D eigenvalue weighted by atomic mass is 16.6. The number of fused-ring (bicyclic) bond motifs is 2. The van der Waals surface area contributed by atoms with Crippen LogP contribution in [0.25, 0.3) is 0 Å². The molecule has 278 valence electrons. The van der Waals surface area contributed by atoms with E-state index in [0.29, 0.717) is 60.6 Å². The molecule has 4 heterocycles. The summed E-state index contributed by atoms with van der Waals surface area (Å²) in [5, 5.41) is 2.77. The fourth-order valence-electron chi connectivity index (χ4n) is 5.81. The molecule has 0 saturated carbocycles. The van der Waals surface area contributed by atoms with E-state index in [0.717, 1.165) is 25.7 Å². The van der Waals surface area contributed by atoms with Crippen molar-refractivity contribution < 1.29 is 47.6 Å². The van der Waals surface area contributed by atoms with E-state index < -0.39 is 11.2 Å². The SMILES string of the molecule is CC(C)(C)OC(=O)N1CCC(Oc2ccc3c(c2)NC(=O)CO3)CC1.CN1C(=O)COc2ccc(OC3CCN(C(=O)OC(C)(C)C)CC3)cc21. The van der Waals surface area contributed by atoms with Crippen LogP contribution >= 0.6 is 0 Å². The fourth-order valence-corrected chi connectivity index (χ4v) is 5.81. The van der Waals surface area contributed by atoms with Crippen LogP contribution in [0.2, 0.25) is 0 Å². The Labute approximate surface area is 299 Å². The van der Waals surface area contributed by atoms with E-state index in [1.165, 1.54) is 0 Å². The number of anilines is 2. The molecule has 2 saturated heterocycles. The summed E-state index contributed by atoms with van der Waals surface area (Å²) in [7, 11) is 1.73. The Morgan fingerprint density at radius 3 is 1.69 bits per heavy atom.